The van der Waals surface area contributed by atoms with Crippen LogP contribution in [0.25, 0.3) is 0 Å². The Hall–Kier alpha value is -1.83. The summed E-state index contributed by atoms with van der Waals surface area (Å²) in [4.78, 5) is 29.6. The van der Waals surface area contributed by atoms with Gasteiger partial charge in [0, 0.05) is 26.2 Å². The highest BCUT2D eigenvalue weighted by atomic mass is 16.6. The molecule has 132 valence electrons. The second kappa shape index (κ2) is 7.63. The Morgan fingerprint density at radius 1 is 1.00 bits per heavy atom. The average molecular weight is 328 g/mol. The molecule has 0 aromatic heterocycles. The first kappa shape index (κ1) is 19.2. The second-order valence-electron chi connectivity index (χ2n) is 7.28. The molecular formula is C15H28N4O4. The number of carbonyl (C=O) groups excluding carboxylic acids is 2. The Morgan fingerprint density at radius 2 is 1.52 bits per heavy atom. The first-order valence-electron chi connectivity index (χ1n) is 7.74. The molecule has 1 aliphatic heterocycles. The Kier molecular flexibility index (Phi) is 6.37. The summed E-state index contributed by atoms with van der Waals surface area (Å²) in [7, 11) is 0. The quantitative estimate of drug-likeness (QED) is 0.519. The van der Waals surface area contributed by atoms with E-state index in [-0.39, 0.29) is 5.96 Å². The van der Waals surface area contributed by atoms with Crippen LogP contribution in [0, 0.1) is 0 Å². The van der Waals surface area contributed by atoms with Gasteiger partial charge in [-0.2, -0.15) is 0 Å². The minimum Gasteiger partial charge on any atom is -0.444 e. The smallest absolute Gasteiger partial charge is 0.437 e. The normalized spacial score (nSPS) is 16.8. The molecule has 0 saturated carbocycles. The molecule has 0 aromatic rings. The molecule has 0 atom stereocenters. The highest BCUT2D eigenvalue weighted by Gasteiger charge is 2.23. The van der Waals surface area contributed by atoms with Gasteiger partial charge in [-0.1, -0.05) is 0 Å². The van der Waals surface area contributed by atoms with Gasteiger partial charge in [-0.15, -0.1) is 4.99 Å². The molecule has 0 bridgehead atoms. The standard InChI is InChI=1S/C15H28N4O4/c1-14(2,3)22-12(20)17-11(19-9-7-16-8-10-19)18-13(21)23-15(4,5)6/h16H,7-10H2,1-6H3,(H,17,18,20,21). The summed E-state index contributed by atoms with van der Waals surface area (Å²) < 4.78 is 10.4. The lowest BCUT2D eigenvalue weighted by Crippen LogP contribution is -2.53. The minimum absolute atomic E-state index is 0.148. The number of piperazine rings is 1. The second-order valence-corrected chi connectivity index (χ2v) is 7.28. The summed E-state index contributed by atoms with van der Waals surface area (Å²) in [6, 6.07) is 0. The molecule has 2 amide bonds. The zero-order valence-corrected chi connectivity index (χ0v) is 14.9. The Labute approximate surface area is 137 Å². The molecule has 2 N–H and O–H groups in total. The number of nitrogens with zero attached hydrogens (tertiary/aromatic N) is 2. The van der Waals surface area contributed by atoms with Crippen molar-refractivity contribution in [1.82, 2.24) is 15.5 Å². The number of hydrogen-bond donors (Lipinski definition) is 2. The lowest BCUT2D eigenvalue weighted by atomic mass is 10.2. The Morgan fingerprint density at radius 3 is 2.00 bits per heavy atom. The molecule has 1 fully saturated rings. The highest BCUT2D eigenvalue weighted by molar-refractivity contribution is 5.99. The van der Waals surface area contributed by atoms with Crippen LogP contribution in [-0.2, 0) is 9.47 Å². The van der Waals surface area contributed by atoms with Crippen molar-refractivity contribution in [2.24, 2.45) is 4.99 Å². The van der Waals surface area contributed by atoms with Crippen LogP contribution in [0.1, 0.15) is 41.5 Å². The summed E-state index contributed by atoms with van der Waals surface area (Å²) in [6.07, 6.45) is -1.40. The molecule has 1 aliphatic rings. The zero-order valence-electron chi connectivity index (χ0n) is 14.9. The van der Waals surface area contributed by atoms with E-state index in [1.807, 2.05) is 4.90 Å². The van der Waals surface area contributed by atoms with Crippen molar-refractivity contribution in [1.29, 1.82) is 0 Å². The van der Waals surface area contributed by atoms with Crippen LogP contribution in [-0.4, -0.2) is 60.4 Å². The molecule has 0 unspecified atom stereocenters. The number of rotatable bonds is 0. The number of nitrogens with one attached hydrogen (secondary N) is 2. The van der Waals surface area contributed by atoms with E-state index in [9.17, 15) is 9.59 Å². The van der Waals surface area contributed by atoms with Crippen molar-refractivity contribution in [3.8, 4) is 0 Å². The number of guanidine groups is 1. The maximum Gasteiger partial charge on any atom is 0.437 e. The lowest BCUT2D eigenvalue weighted by Gasteiger charge is -2.30. The van der Waals surface area contributed by atoms with Gasteiger partial charge in [0.15, 0.2) is 0 Å². The summed E-state index contributed by atoms with van der Waals surface area (Å²) >= 11 is 0. The molecule has 0 aromatic carbocycles. The maximum atomic E-state index is 12.0. The molecule has 1 rings (SSSR count). The fourth-order valence-electron chi connectivity index (χ4n) is 1.82. The predicted molar refractivity (Wildman–Crippen MR) is 87.5 cm³/mol. The SMILES string of the molecule is CC(C)(C)OC(=O)N=C(NC(=O)OC(C)(C)C)N1CCNCC1. The van der Waals surface area contributed by atoms with Gasteiger partial charge >= 0.3 is 12.2 Å². The topological polar surface area (TPSA) is 92.3 Å². The van der Waals surface area contributed by atoms with Crippen molar-refractivity contribution >= 4 is 18.1 Å². The van der Waals surface area contributed by atoms with Gasteiger partial charge in [0.05, 0.1) is 0 Å². The molecule has 8 nitrogen and oxygen atoms in total. The van der Waals surface area contributed by atoms with Gasteiger partial charge in [0.25, 0.3) is 0 Å². The first-order valence-corrected chi connectivity index (χ1v) is 7.74. The maximum absolute atomic E-state index is 12.0. The number of ether oxygens (including phenoxy) is 2. The number of carbonyl (C=O) groups is 2. The van der Waals surface area contributed by atoms with Crippen LogP contribution >= 0.6 is 0 Å². The molecular weight excluding hydrogens is 300 g/mol. The minimum atomic E-state index is -0.748. The van der Waals surface area contributed by atoms with Crippen LogP contribution in [0.15, 0.2) is 4.99 Å². The monoisotopic (exact) mass is 328 g/mol. The number of alkyl carbamates (subject to hydrolysis) is 1. The van der Waals surface area contributed by atoms with E-state index in [1.54, 1.807) is 41.5 Å². The molecule has 23 heavy (non-hydrogen) atoms. The van der Waals surface area contributed by atoms with E-state index < -0.39 is 23.4 Å². The van der Waals surface area contributed by atoms with Gasteiger partial charge in [-0.05, 0) is 41.5 Å². The van der Waals surface area contributed by atoms with E-state index in [0.29, 0.717) is 13.1 Å². The molecule has 0 spiro atoms. The fourth-order valence-corrected chi connectivity index (χ4v) is 1.82. The molecule has 0 radical (unpaired) electrons. The molecule has 1 heterocycles. The molecule has 8 heteroatoms. The van der Waals surface area contributed by atoms with Crippen molar-refractivity contribution in [2.45, 2.75) is 52.7 Å². The summed E-state index contributed by atoms with van der Waals surface area (Å²) in [5, 5.41) is 5.74. The Bertz CT molecular complexity index is 457. The number of amides is 2. The summed E-state index contributed by atoms with van der Waals surface area (Å²) in [5.41, 5.74) is -1.29. The number of hydrogen-bond acceptors (Lipinski definition) is 5. The van der Waals surface area contributed by atoms with Crippen LogP contribution in [0.2, 0.25) is 0 Å². The average Bonchev–Trinajstić information content (AvgIpc) is 2.34. The van der Waals surface area contributed by atoms with Crippen molar-refractivity contribution in [2.75, 3.05) is 26.2 Å². The van der Waals surface area contributed by atoms with Crippen molar-refractivity contribution in [3.63, 3.8) is 0 Å². The Balaban J connectivity index is 2.84. The van der Waals surface area contributed by atoms with Gasteiger partial charge in [-0.25, -0.2) is 9.59 Å². The largest absolute Gasteiger partial charge is 0.444 e. The van der Waals surface area contributed by atoms with E-state index in [1.165, 1.54) is 0 Å². The van der Waals surface area contributed by atoms with E-state index >= 15 is 0 Å². The third kappa shape index (κ3) is 8.39. The van der Waals surface area contributed by atoms with Crippen LogP contribution in [0.3, 0.4) is 0 Å². The van der Waals surface area contributed by atoms with E-state index in [2.05, 4.69) is 15.6 Å². The van der Waals surface area contributed by atoms with E-state index in [4.69, 9.17) is 9.47 Å². The van der Waals surface area contributed by atoms with Gasteiger partial charge in [0.1, 0.15) is 11.2 Å². The fraction of sp³-hybridized carbons (Fsp3) is 0.800. The van der Waals surface area contributed by atoms with Crippen LogP contribution in [0.5, 0.6) is 0 Å². The van der Waals surface area contributed by atoms with Crippen LogP contribution < -0.4 is 10.6 Å². The van der Waals surface area contributed by atoms with E-state index in [0.717, 1.165) is 13.1 Å². The molecule has 1 saturated heterocycles. The number of aliphatic imine (C=N–C) groups is 1. The van der Waals surface area contributed by atoms with Crippen LogP contribution in [0.4, 0.5) is 9.59 Å². The van der Waals surface area contributed by atoms with Gasteiger partial charge < -0.3 is 19.7 Å². The van der Waals surface area contributed by atoms with Gasteiger partial charge in [0.2, 0.25) is 5.96 Å². The first-order chi connectivity index (χ1) is 10.5. The zero-order chi connectivity index (χ0) is 17.7. The third-order valence-corrected chi connectivity index (χ3v) is 2.62. The van der Waals surface area contributed by atoms with Gasteiger partial charge in [-0.3, -0.25) is 5.32 Å². The predicted octanol–water partition coefficient (Wildman–Crippen LogP) is 1.71. The van der Waals surface area contributed by atoms with Crippen molar-refractivity contribution in [3.05, 3.63) is 0 Å². The third-order valence-electron chi connectivity index (χ3n) is 2.62. The van der Waals surface area contributed by atoms with Crippen molar-refractivity contribution < 1.29 is 19.1 Å². The molecule has 0 aliphatic carbocycles. The summed E-state index contributed by atoms with van der Waals surface area (Å²) in [6.45, 7) is 13.3. The summed E-state index contributed by atoms with van der Waals surface area (Å²) in [5.74, 6) is 0.148. The highest BCUT2D eigenvalue weighted by Crippen LogP contribution is 2.09. The lowest BCUT2D eigenvalue weighted by molar-refractivity contribution is 0.0554.